The van der Waals surface area contributed by atoms with E-state index in [9.17, 15) is 9.90 Å². The molecule has 1 atom stereocenters. The Labute approximate surface area is 115 Å². The predicted molar refractivity (Wildman–Crippen MR) is 75.4 cm³/mol. The van der Waals surface area contributed by atoms with E-state index in [1.54, 1.807) is 19.1 Å². The molecule has 0 saturated heterocycles. The summed E-state index contributed by atoms with van der Waals surface area (Å²) in [5.74, 6) is 0.609. The van der Waals surface area contributed by atoms with E-state index in [2.05, 4.69) is 6.92 Å². The first-order chi connectivity index (χ1) is 9.01. The topological polar surface area (TPSA) is 49.8 Å². The molecule has 1 amide bonds. The molecule has 4 heteroatoms. The molecule has 0 aliphatic heterocycles. The molecule has 0 heterocycles. The molecule has 0 aromatic heterocycles. The van der Waals surface area contributed by atoms with Crippen molar-refractivity contribution in [2.45, 2.75) is 39.7 Å². The number of phenolic OH excluding ortho intramolecular Hbond substituents is 1. The number of rotatable bonds is 6. The molecular weight excluding hydrogens is 242 g/mol. The zero-order valence-electron chi connectivity index (χ0n) is 12.1. The summed E-state index contributed by atoms with van der Waals surface area (Å²) in [5.41, 5.74) is 0.959. The molecule has 1 rings (SSSR count). The number of phenols is 1. The lowest BCUT2D eigenvalue weighted by molar-refractivity contribution is -0.131. The minimum atomic E-state index is -0.0291. The molecule has 0 saturated carbocycles. The molecule has 4 nitrogen and oxygen atoms in total. The third-order valence-corrected chi connectivity index (χ3v) is 3.31. The largest absolute Gasteiger partial charge is 0.504 e. The Hall–Kier alpha value is -1.71. The van der Waals surface area contributed by atoms with E-state index >= 15 is 0 Å². The van der Waals surface area contributed by atoms with Gasteiger partial charge in [0.1, 0.15) is 0 Å². The van der Waals surface area contributed by atoms with E-state index in [0.717, 1.165) is 24.9 Å². The van der Waals surface area contributed by atoms with Crippen molar-refractivity contribution in [2.24, 2.45) is 0 Å². The van der Waals surface area contributed by atoms with E-state index in [4.69, 9.17) is 4.74 Å². The quantitative estimate of drug-likeness (QED) is 0.859. The summed E-state index contributed by atoms with van der Waals surface area (Å²) in [6, 6.07) is 5.17. The van der Waals surface area contributed by atoms with Crippen molar-refractivity contribution < 1.29 is 14.6 Å². The van der Waals surface area contributed by atoms with Gasteiger partial charge in [-0.1, -0.05) is 19.4 Å². The van der Waals surface area contributed by atoms with Gasteiger partial charge in [0.05, 0.1) is 13.2 Å². The maximum atomic E-state index is 11.7. The highest BCUT2D eigenvalue weighted by molar-refractivity contribution is 5.73. The van der Waals surface area contributed by atoms with Crippen molar-refractivity contribution in [1.29, 1.82) is 0 Å². The number of carbonyl (C=O) groups excluding carboxylic acids is 1. The maximum Gasteiger partial charge on any atom is 0.219 e. The van der Waals surface area contributed by atoms with Gasteiger partial charge in [0.25, 0.3) is 0 Å². The number of unbranched alkanes of at least 4 members (excludes halogenated alkanes) is 1. The van der Waals surface area contributed by atoms with E-state index in [1.807, 2.05) is 17.9 Å². The molecule has 1 aromatic carbocycles. The van der Waals surface area contributed by atoms with Crippen LogP contribution in [0.25, 0.3) is 0 Å². The molecule has 0 aliphatic rings. The zero-order valence-corrected chi connectivity index (χ0v) is 12.1. The third kappa shape index (κ3) is 3.88. The monoisotopic (exact) mass is 265 g/mol. The van der Waals surface area contributed by atoms with Gasteiger partial charge in [-0.2, -0.15) is 0 Å². The van der Waals surface area contributed by atoms with Crippen molar-refractivity contribution in [1.82, 2.24) is 4.90 Å². The van der Waals surface area contributed by atoms with Gasteiger partial charge in [-0.05, 0) is 31.0 Å². The Morgan fingerprint density at radius 3 is 2.68 bits per heavy atom. The lowest BCUT2D eigenvalue weighted by Crippen LogP contribution is -2.32. The van der Waals surface area contributed by atoms with E-state index in [1.165, 1.54) is 7.11 Å². The number of carbonyl (C=O) groups is 1. The second-order valence-corrected chi connectivity index (χ2v) is 4.67. The smallest absolute Gasteiger partial charge is 0.219 e. The van der Waals surface area contributed by atoms with E-state index < -0.39 is 0 Å². The third-order valence-electron chi connectivity index (χ3n) is 3.31. The minimum absolute atomic E-state index is 0.0291. The molecular formula is C15H23NO3. The normalized spacial score (nSPS) is 12.0. The van der Waals surface area contributed by atoms with Crippen LogP contribution in [-0.4, -0.2) is 29.6 Å². The van der Waals surface area contributed by atoms with Crippen molar-refractivity contribution in [3.8, 4) is 11.5 Å². The van der Waals surface area contributed by atoms with Gasteiger partial charge >= 0.3 is 0 Å². The Morgan fingerprint density at radius 2 is 2.16 bits per heavy atom. The van der Waals surface area contributed by atoms with E-state index in [0.29, 0.717) is 5.75 Å². The molecule has 106 valence electrons. The summed E-state index contributed by atoms with van der Waals surface area (Å²) in [6.07, 6.45) is 2.04. The number of nitrogens with zero attached hydrogens (tertiary/aromatic N) is 1. The van der Waals surface area contributed by atoms with Crippen LogP contribution in [0.4, 0.5) is 0 Å². The van der Waals surface area contributed by atoms with Crippen LogP contribution in [0.15, 0.2) is 18.2 Å². The fourth-order valence-electron chi connectivity index (χ4n) is 2.09. The second kappa shape index (κ2) is 7.02. The van der Waals surface area contributed by atoms with Gasteiger partial charge in [0.15, 0.2) is 11.5 Å². The molecule has 0 bridgehead atoms. The first-order valence-corrected chi connectivity index (χ1v) is 6.65. The van der Waals surface area contributed by atoms with Crippen LogP contribution in [0.3, 0.4) is 0 Å². The van der Waals surface area contributed by atoms with Crippen LogP contribution >= 0.6 is 0 Å². The molecule has 1 unspecified atom stereocenters. The molecule has 1 N–H and O–H groups in total. The maximum absolute atomic E-state index is 11.7. The van der Waals surface area contributed by atoms with Crippen molar-refractivity contribution in [3.05, 3.63) is 23.8 Å². The van der Waals surface area contributed by atoms with Crippen LogP contribution in [-0.2, 0) is 4.79 Å². The molecule has 1 aromatic rings. The van der Waals surface area contributed by atoms with Gasteiger partial charge in [-0.15, -0.1) is 0 Å². The van der Waals surface area contributed by atoms with Gasteiger partial charge in [0, 0.05) is 13.5 Å². The molecule has 19 heavy (non-hydrogen) atoms. The molecule has 0 spiro atoms. The first-order valence-electron chi connectivity index (χ1n) is 6.65. The highest BCUT2D eigenvalue weighted by Crippen LogP contribution is 2.31. The predicted octanol–water partition coefficient (Wildman–Crippen LogP) is 3.11. The van der Waals surface area contributed by atoms with Crippen molar-refractivity contribution in [3.63, 3.8) is 0 Å². The van der Waals surface area contributed by atoms with Gasteiger partial charge < -0.3 is 14.7 Å². The minimum Gasteiger partial charge on any atom is -0.504 e. The fraction of sp³-hybridized carbons (Fsp3) is 0.533. The fourth-order valence-corrected chi connectivity index (χ4v) is 2.09. The van der Waals surface area contributed by atoms with E-state index in [-0.39, 0.29) is 17.7 Å². The van der Waals surface area contributed by atoms with Crippen molar-refractivity contribution in [2.75, 3.05) is 13.7 Å². The number of ether oxygens (including phenoxy) is 1. The zero-order chi connectivity index (χ0) is 14.4. The summed E-state index contributed by atoms with van der Waals surface area (Å²) in [4.78, 5) is 13.6. The average molecular weight is 265 g/mol. The molecule has 0 radical (unpaired) electrons. The number of methoxy groups -OCH3 is 1. The Balaban J connectivity index is 2.95. The number of hydrogen-bond acceptors (Lipinski definition) is 3. The van der Waals surface area contributed by atoms with Gasteiger partial charge in [0.2, 0.25) is 5.91 Å². The highest BCUT2D eigenvalue weighted by Gasteiger charge is 2.19. The standard InChI is InChI=1S/C15H23NO3/c1-5-6-9-16(12(3)17)11(2)13-7-8-14(18)15(10-13)19-4/h7-8,10-11,18H,5-6,9H2,1-4H3. The highest BCUT2D eigenvalue weighted by atomic mass is 16.5. The summed E-state index contributed by atoms with van der Waals surface area (Å²) in [7, 11) is 1.52. The lowest BCUT2D eigenvalue weighted by atomic mass is 10.1. The Kier molecular flexibility index (Phi) is 5.67. The lowest BCUT2D eigenvalue weighted by Gasteiger charge is -2.28. The summed E-state index contributed by atoms with van der Waals surface area (Å²) >= 11 is 0. The van der Waals surface area contributed by atoms with Crippen LogP contribution in [0.2, 0.25) is 0 Å². The van der Waals surface area contributed by atoms with Crippen LogP contribution in [0.1, 0.15) is 45.2 Å². The first kappa shape index (κ1) is 15.3. The van der Waals surface area contributed by atoms with Gasteiger partial charge in [-0.25, -0.2) is 0 Å². The molecule has 0 aliphatic carbocycles. The second-order valence-electron chi connectivity index (χ2n) is 4.67. The Bertz CT molecular complexity index is 431. The summed E-state index contributed by atoms with van der Waals surface area (Å²) < 4.78 is 5.10. The number of aromatic hydroxyl groups is 1. The summed E-state index contributed by atoms with van der Waals surface area (Å²) in [6.45, 7) is 6.43. The molecule has 0 fully saturated rings. The van der Waals surface area contributed by atoms with Crippen LogP contribution in [0.5, 0.6) is 11.5 Å². The average Bonchev–Trinajstić information content (AvgIpc) is 2.39. The number of hydrogen-bond donors (Lipinski definition) is 1. The van der Waals surface area contributed by atoms with Crippen LogP contribution < -0.4 is 4.74 Å². The van der Waals surface area contributed by atoms with Crippen molar-refractivity contribution >= 4 is 5.91 Å². The Morgan fingerprint density at radius 1 is 1.47 bits per heavy atom. The summed E-state index contributed by atoms with van der Waals surface area (Å²) in [5, 5.41) is 9.60. The van der Waals surface area contributed by atoms with Crippen LogP contribution in [0, 0.1) is 0 Å². The van der Waals surface area contributed by atoms with Gasteiger partial charge in [-0.3, -0.25) is 4.79 Å². The SMILES string of the molecule is CCCCN(C(C)=O)C(C)c1ccc(O)c(OC)c1. The number of amides is 1. The number of benzene rings is 1.